The Morgan fingerprint density at radius 3 is 2.65 bits per heavy atom. The molecule has 0 aliphatic carbocycles. The maximum Gasteiger partial charge on any atom is 0.293 e. The van der Waals surface area contributed by atoms with Crippen LogP contribution in [0.4, 0.5) is 0 Å². The van der Waals surface area contributed by atoms with Crippen LogP contribution in [0.25, 0.3) is 0 Å². The highest BCUT2D eigenvalue weighted by Crippen LogP contribution is 2.33. The molecular weight excluding hydrogens is 430 g/mol. The lowest BCUT2D eigenvalue weighted by molar-refractivity contribution is -0.138. The number of carbonyl (C=O) groups is 1. The monoisotopic (exact) mass is 461 g/mol. The van der Waals surface area contributed by atoms with E-state index >= 15 is 0 Å². The van der Waals surface area contributed by atoms with Crippen LogP contribution in [0.3, 0.4) is 0 Å². The molecule has 31 heavy (non-hydrogen) atoms. The van der Waals surface area contributed by atoms with Crippen molar-refractivity contribution in [1.82, 2.24) is 10.3 Å². The molecule has 168 valence electrons. The third-order valence-corrected chi connectivity index (χ3v) is 6.93. The summed E-state index contributed by atoms with van der Waals surface area (Å²) < 4.78 is 4.55. The molecule has 2 aliphatic rings. The first-order valence-electron chi connectivity index (χ1n) is 10.6. The first-order chi connectivity index (χ1) is 14.9. The van der Waals surface area contributed by atoms with Crippen molar-refractivity contribution in [3.05, 3.63) is 52.0 Å². The summed E-state index contributed by atoms with van der Waals surface area (Å²) in [5, 5.41) is 12.2. The van der Waals surface area contributed by atoms with Gasteiger partial charge in [-0.1, -0.05) is 35.5 Å². The average molecular weight is 462 g/mol. The number of thioether (sulfide) groups is 1. The van der Waals surface area contributed by atoms with E-state index in [1.165, 1.54) is 29.1 Å². The summed E-state index contributed by atoms with van der Waals surface area (Å²) in [6, 6.07) is 10.3. The summed E-state index contributed by atoms with van der Waals surface area (Å²) in [7, 11) is 0. The highest BCUT2D eigenvalue weighted by atomic mass is 32.2. The lowest BCUT2D eigenvalue weighted by Crippen LogP contribution is -2.26. The standard InChI is InChI=1S/C18H21N3OS2.C5H10O2/c1-2-4-13(5-3-1)16-10-17(21-22-16)23-11-15-12-24-18(20-15)14-6-8-19-9-7-14;1-5(2,3)7-4-6/h1-5,12,14,16,19H,6-11H2;4H,1-3H3. The summed E-state index contributed by atoms with van der Waals surface area (Å²) in [6.45, 7) is 8.15. The van der Waals surface area contributed by atoms with E-state index in [1.807, 2.05) is 50.3 Å². The van der Waals surface area contributed by atoms with Crippen molar-refractivity contribution in [3.63, 3.8) is 0 Å². The SMILES string of the molecule is CC(C)(C)OC=O.c1ccc(C2CC(SCc3csc(C4CCNCC4)n3)=NO2)cc1. The minimum absolute atomic E-state index is 0.0643. The van der Waals surface area contributed by atoms with E-state index in [0.29, 0.717) is 12.4 Å². The van der Waals surface area contributed by atoms with Crippen molar-refractivity contribution < 1.29 is 14.4 Å². The topological polar surface area (TPSA) is 72.8 Å². The van der Waals surface area contributed by atoms with Gasteiger partial charge in [0.25, 0.3) is 6.47 Å². The highest BCUT2D eigenvalue weighted by Gasteiger charge is 2.23. The molecule has 8 heteroatoms. The van der Waals surface area contributed by atoms with Gasteiger partial charge in [-0.05, 0) is 52.3 Å². The lowest BCUT2D eigenvalue weighted by Gasteiger charge is -2.20. The van der Waals surface area contributed by atoms with E-state index in [2.05, 4.69) is 32.7 Å². The second-order valence-corrected chi connectivity index (χ2v) is 10.4. The molecule has 4 rings (SSSR count). The first-order valence-corrected chi connectivity index (χ1v) is 12.5. The third kappa shape index (κ3) is 7.94. The number of aromatic nitrogens is 1. The Kier molecular flexibility index (Phi) is 8.92. The Hall–Kier alpha value is -1.90. The van der Waals surface area contributed by atoms with Crippen molar-refractivity contribution in [2.24, 2.45) is 5.16 Å². The van der Waals surface area contributed by atoms with Crippen LogP contribution in [-0.2, 0) is 20.1 Å². The number of nitrogens with one attached hydrogen (secondary N) is 1. The van der Waals surface area contributed by atoms with Gasteiger partial charge in [-0.3, -0.25) is 4.79 Å². The Labute approximate surface area is 192 Å². The van der Waals surface area contributed by atoms with E-state index in [9.17, 15) is 4.79 Å². The molecule has 0 bridgehead atoms. The second kappa shape index (κ2) is 11.6. The van der Waals surface area contributed by atoms with Crippen LogP contribution in [0.5, 0.6) is 0 Å². The molecule has 0 spiro atoms. The molecule has 1 N–H and O–H groups in total. The van der Waals surface area contributed by atoms with E-state index in [1.54, 1.807) is 11.8 Å². The molecular formula is C23H31N3O3S2. The van der Waals surface area contributed by atoms with Gasteiger partial charge in [0.05, 0.1) is 10.7 Å². The van der Waals surface area contributed by atoms with Crippen LogP contribution in [0.2, 0.25) is 0 Å². The van der Waals surface area contributed by atoms with Crippen LogP contribution in [0.1, 0.15) is 68.3 Å². The molecule has 2 aliphatic heterocycles. The lowest BCUT2D eigenvalue weighted by atomic mass is 9.99. The largest absolute Gasteiger partial charge is 0.462 e. The number of piperidine rings is 1. The maximum absolute atomic E-state index is 9.60. The third-order valence-electron chi connectivity index (χ3n) is 4.86. The van der Waals surface area contributed by atoms with Crippen molar-refractivity contribution in [2.75, 3.05) is 13.1 Å². The Morgan fingerprint density at radius 1 is 1.26 bits per heavy atom. The van der Waals surface area contributed by atoms with Gasteiger partial charge in [-0.2, -0.15) is 0 Å². The van der Waals surface area contributed by atoms with Gasteiger partial charge >= 0.3 is 0 Å². The summed E-state index contributed by atoms with van der Waals surface area (Å²) in [6.07, 6.45) is 3.34. The number of benzene rings is 1. The quantitative estimate of drug-likeness (QED) is 0.611. The smallest absolute Gasteiger partial charge is 0.293 e. The zero-order chi connectivity index (χ0) is 22.1. The summed E-state index contributed by atoms with van der Waals surface area (Å²) in [4.78, 5) is 20.0. The van der Waals surface area contributed by atoms with E-state index in [4.69, 9.17) is 9.82 Å². The molecule has 3 heterocycles. The molecule has 1 fully saturated rings. The normalized spacial score (nSPS) is 19.1. The van der Waals surface area contributed by atoms with Gasteiger partial charge in [0.2, 0.25) is 0 Å². The second-order valence-electron chi connectivity index (χ2n) is 8.51. The van der Waals surface area contributed by atoms with E-state index < -0.39 is 0 Å². The van der Waals surface area contributed by atoms with E-state index in [0.717, 1.165) is 30.3 Å². The zero-order valence-electron chi connectivity index (χ0n) is 18.4. The number of ether oxygens (including phenoxy) is 1. The van der Waals surface area contributed by atoms with Crippen molar-refractivity contribution in [3.8, 4) is 0 Å². The highest BCUT2D eigenvalue weighted by molar-refractivity contribution is 8.13. The van der Waals surface area contributed by atoms with Gasteiger partial charge in [0.1, 0.15) is 10.6 Å². The molecule has 0 saturated carbocycles. The van der Waals surface area contributed by atoms with Crippen LogP contribution in [0.15, 0.2) is 40.9 Å². The summed E-state index contributed by atoms with van der Waals surface area (Å²) in [5.41, 5.74) is 2.05. The van der Waals surface area contributed by atoms with Crippen LogP contribution in [0, 0.1) is 0 Å². The van der Waals surface area contributed by atoms with Gasteiger partial charge in [-0.25, -0.2) is 4.98 Å². The Balaban J connectivity index is 0.000000339. The molecule has 1 saturated heterocycles. The fourth-order valence-corrected chi connectivity index (χ4v) is 5.16. The Morgan fingerprint density at radius 2 is 2.00 bits per heavy atom. The molecule has 1 aromatic carbocycles. The minimum Gasteiger partial charge on any atom is -0.462 e. The van der Waals surface area contributed by atoms with Crippen molar-refractivity contribution in [2.45, 2.75) is 63.4 Å². The van der Waals surface area contributed by atoms with Gasteiger partial charge in [-0.15, -0.1) is 23.1 Å². The first kappa shape index (κ1) is 23.8. The number of hydrogen-bond donors (Lipinski definition) is 1. The average Bonchev–Trinajstić information content (AvgIpc) is 3.43. The fraction of sp³-hybridized carbons (Fsp3) is 0.522. The summed E-state index contributed by atoms with van der Waals surface area (Å²) >= 11 is 3.56. The molecule has 6 nitrogen and oxygen atoms in total. The fourth-order valence-electron chi connectivity index (χ4n) is 3.23. The number of carbonyl (C=O) groups excluding carboxylic acids is 1. The van der Waals surface area contributed by atoms with Crippen LogP contribution >= 0.6 is 23.1 Å². The number of nitrogens with zero attached hydrogens (tertiary/aromatic N) is 2. The van der Waals surface area contributed by atoms with Gasteiger partial charge < -0.3 is 14.9 Å². The predicted octanol–water partition coefficient (Wildman–Crippen LogP) is 5.28. The number of thiazole rings is 1. The molecule has 0 radical (unpaired) electrons. The van der Waals surface area contributed by atoms with Crippen molar-refractivity contribution in [1.29, 1.82) is 0 Å². The molecule has 1 atom stereocenters. The van der Waals surface area contributed by atoms with Gasteiger partial charge in [0.15, 0.2) is 6.10 Å². The maximum atomic E-state index is 9.60. The predicted molar refractivity (Wildman–Crippen MR) is 127 cm³/mol. The van der Waals surface area contributed by atoms with Crippen LogP contribution in [-0.4, -0.2) is 35.2 Å². The Bertz CT molecular complexity index is 843. The minimum atomic E-state index is -0.318. The van der Waals surface area contributed by atoms with E-state index in [-0.39, 0.29) is 11.7 Å². The van der Waals surface area contributed by atoms with Crippen LogP contribution < -0.4 is 5.32 Å². The molecule has 2 aromatic rings. The molecule has 0 amide bonds. The van der Waals surface area contributed by atoms with Crippen molar-refractivity contribution >= 4 is 34.6 Å². The number of oxime groups is 1. The van der Waals surface area contributed by atoms with Gasteiger partial charge in [0, 0.05) is 23.5 Å². The number of rotatable bonds is 5. The summed E-state index contributed by atoms with van der Waals surface area (Å²) in [5.74, 6) is 1.52. The molecule has 1 unspecified atom stereocenters. The molecule has 1 aromatic heterocycles. The number of hydrogen-bond acceptors (Lipinski definition) is 8. The zero-order valence-corrected chi connectivity index (χ0v) is 20.0.